The van der Waals surface area contributed by atoms with Gasteiger partial charge >= 0.3 is 0 Å². The van der Waals surface area contributed by atoms with Crippen molar-refractivity contribution in [2.24, 2.45) is 5.73 Å². The molecular formula is C16H23N3O2. The van der Waals surface area contributed by atoms with E-state index < -0.39 is 0 Å². The van der Waals surface area contributed by atoms with E-state index in [1.165, 1.54) is 0 Å². The summed E-state index contributed by atoms with van der Waals surface area (Å²) in [4.78, 5) is 0. The third-order valence-corrected chi connectivity index (χ3v) is 3.22. The van der Waals surface area contributed by atoms with Crippen LogP contribution in [0.15, 0.2) is 30.6 Å². The second kappa shape index (κ2) is 7.13. The summed E-state index contributed by atoms with van der Waals surface area (Å²) in [5.41, 5.74) is 8.03. The van der Waals surface area contributed by atoms with Crippen LogP contribution in [0.4, 0.5) is 0 Å². The van der Waals surface area contributed by atoms with Gasteiger partial charge < -0.3 is 15.2 Å². The van der Waals surface area contributed by atoms with Gasteiger partial charge in [0.25, 0.3) is 0 Å². The van der Waals surface area contributed by atoms with Crippen LogP contribution in [0.1, 0.15) is 25.0 Å². The molecule has 0 saturated carbocycles. The van der Waals surface area contributed by atoms with Crippen LogP contribution >= 0.6 is 0 Å². The number of ether oxygens (including phenoxy) is 2. The van der Waals surface area contributed by atoms with E-state index in [0.29, 0.717) is 6.61 Å². The van der Waals surface area contributed by atoms with Crippen molar-refractivity contribution in [3.8, 4) is 11.5 Å². The number of hydrogen-bond donors (Lipinski definition) is 1. The Morgan fingerprint density at radius 1 is 1.38 bits per heavy atom. The van der Waals surface area contributed by atoms with E-state index in [4.69, 9.17) is 15.2 Å². The van der Waals surface area contributed by atoms with Crippen LogP contribution in [-0.2, 0) is 19.6 Å². The molecule has 2 rings (SSSR count). The lowest BCUT2D eigenvalue weighted by atomic mass is 10.1. The number of aromatic nitrogens is 2. The molecule has 2 aromatic rings. The van der Waals surface area contributed by atoms with Crippen molar-refractivity contribution in [2.75, 3.05) is 7.11 Å². The van der Waals surface area contributed by atoms with Gasteiger partial charge in [-0.2, -0.15) is 5.10 Å². The lowest BCUT2D eigenvalue weighted by Crippen LogP contribution is -2.18. The van der Waals surface area contributed by atoms with Crippen molar-refractivity contribution < 1.29 is 9.47 Å². The molecule has 0 aliphatic heterocycles. The van der Waals surface area contributed by atoms with Crippen LogP contribution in [0.5, 0.6) is 11.5 Å². The topological polar surface area (TPSA) is 62.3 Å². The van der Waals surface area contributed by atoms with E-state index in [1.54, 1.807) is 7.11 Å². The Hall–Kier alpha value is -2.01. The van der Waals surface area contributed by atoms with Gasteiger partial charge in [0.1, 0.15) is 18.1 Å². The summed E-state index contributed by atoms with van der Waals surface area (Å²) in [6.45, 7) is 5.38. The van der Waals surface area contributed by atoms with E-state index in [0.717, 1.165) is 35.6 Å². The molecular weight excluding hydrogens is 266 g/mol. The monoisotopic (exact) mass is 289 g/mol. The van der Waals surface area contributed by atoms with Crippen LogP contribution in [0.2, 0.25) is 0 Å². The third kappa shape index (κ3) is 4.23. The number of nitrogens with two attached hydrogens (primary N) is 1. The maximum atomic E-state index is 5.94. The molecule has 1 aromatic carbocycles. The number of aryl methyl sites for hydroxylation is 1. The Labute approximate surface area is 125 Å². The molecule has 0 spiro atoms. The molecule has 21 heavy (non-hydrogen) atoms. The van der Waals surface area contributed by atoms with E-state index in [9.17, 15) is 0 Å². The molecule has 0 saturated heterocycles. The molecule has 0 fully saturated rings. The van der Waals surface area contributed by atoms with E-state index >= 15 is 0 Å². The van der Waals surface area contributed by atoms with Crippen LogP contribution < -0.4 is 15.2 Å². The first-order valence-electron chi connectivity index (χ1n) is 7.19. The van der Waals surface area contributed by atoms with Crippen molar-refractivity contribution in [2.45, 2.75) is 39.5 Å². The zero-order valence-corrected chi connectivity index (χ0v) is 12.9. The Kier molecular flexibility index (Phi) is 5.22. The van der Waals surface area contributed by atoms with E-state index in [1.807, 2.05) is 42.2 Å². The minimum Gasteiger partial charge on any atom is -0.497 e. The summed E-state index contributed by atoms with van der Waals surface area (Å²) < 4.78 is 13.1. The minimum absolute atomic E-state index is 0.0867. The van der Waals surface area contributed by atoms with Crippen molar-refractivity contribution in [3.63, 3.8) is 0 Å². The maximum absolute atomic E-state index is 5.94. The molecule has 1 heterocycles. The number of methoxy groups -OCH3 is 1. The Morgan fingerprint density at radius 3 is 2.81 bits per heavy atom. The second-order valence-corrected chi connectivity index (χ2v) is 5.15. The highest BCUT2D eigenvalue weighted by atomic mass is 16.5. The molecule has 2 N–H and O–H groups in total. The summed E-state index contributed by atoms with van der Waals surface area (Å²) in [6.07, 6.45) is 4.59. The average Bonchev–Trinajstić information content (AvgIpc) is 2.93. The Bertz CT molecular complexity index is 579. The van der Waals surface area contributed by atoms with Gasteiger partial charge in [0.05, 0.1) is 13.3 Å². The smallest absolute Gasteiger partial charge is 0.126 e. The molecule has 1 atom stereocenters. The molecule has 1 aromatic heterocycles. The lowest BCUT2D eigenvalue weighted by molar-refractivity contribution is 0.299. The summed E-state index contributed by atoms with van der Waals surface area (Å²) in [5, 5.41) is 4.24. The highest BCUT2D eigenvalue weighted by molar-refractivity contribution is 5.41. The fourth-order valence-corrected chi connectivity index (χ4v) is 2.13. The van der Waals surface area contributed by atoms with E-state index in [-0.39, 0.29) is 6.04 Å². The summed E-state index contributed by atoms with van der Waals surface area (Å²) >= 11 is 0. The Morgan fingerprint density at radius 2 is 2.19 bits per heavy atom. The number of nitrogens with zero attached hydrogens (tertiary/aromatic N) is 2. The molecule has 0 radical (unpaired) electrons. The van der Waals surface area contributed by atoms with Crippen LogP contribution in [-0.4, -0.2) is 22.9 Å². The quantitative estimate of drug-likeness (QED) is 0.850. The normalized spacial score (nSPS) is 12.2. The number of hydrogen-bond acceptors (Lipinski definition) is 4. The van der Waals surface area contributed by atoms with Gasteiger partial charge in [-0.25, -0.2) is 0 Å². The lowest BCUT2D eigenvalue weighted by Gasteiger charge is -2.14. The molecule has 114 valence electrons. The second-order valence-electron chi connectivity index (χ2n) is 5.15. The molecule has 0 aliphatic carbocycles. The fourth-order valence-electron chi connectivity index (χ4n) is 2.13. The van der Waals surface area contributed by atoms with Gasteiger partial charge in [-0.05, 0) is 31.9 Å². The third-order valence-electron chi connectivity index (χ3n) is 3.22. The molecule has 0 amide bonds. The maximum Gasteiger partial charge on any atom is 0.126 e. The first kappa shape index (κ1) is 15.4. The fraction of sp³-hybridized carbons (Fsp3) is 0.438. The van der Waals surface area contributed by atoms with Gasteiger partial charge in [-0.3, -0.25) is 4.68 Å². The predicted octanol–water partition coefficient (Wildman–Crippen LogP) is 2.38. The van der Waals surface area contributed by atoms with Gasteiger partial charge in [-0.1, -0.05) is 6.07 Å². The predicted molar refractivity (Wildman–Crippen MR) is 82.6 cm³/mol. The van der Waals surface area contributed by atoms with Crippen LogP contribution in [0.3, 0.4) is 0 Å². The Balaban J connectivity index is 2.12. The van der Waals surface area contributed by atoms with Gasteiger partial charge in [-0.15, -0.1) is 0 Å². The van der Waals surface area contributed by atoms with Crippen LogP contribution in [0.25, 0.3) is 0 Å². The standard InChI is InChI=1S/C16H23N3O2/c1-4-19-10-13(9-18-19)11-21-16-8-15(20-3)6-5-14(16)7-12(2)17/h5-6,8-10,12H,4,7,11,17H2,1-3H3. The molecule has 5 nitrogen and oxygen atoms in total. The first-order chi connectivity index (χ1) is 10.1. The van der Waals surface area contributed by atoms with Crippen molar-refractivity contribution in [1.82, 2.24) is 9.78 Å². The first-order valence-corrected chi connectivity index (χ1v) is 7.19. The number of rotatable bonds is 7. The van der Waals surface area contributed by atoms with Crippen molar-refractivity contribution in [3.05, 3.63) is 41.7 Å². The minimum atomic E-state index is 0.0867. The molecule has 0 bridgehead atoms. The summed E-state index contributed by atoms with van der Waals surface area (Å²) in [6, 6.07) is 5.93. The summed E-state index contributed by atoms with van der Waals surface area (Å²) in [7, 11) is 1.65. The largest absolute Gasteiger partial charge is 0.497 e. The van der Waals surface area contributed by atoms with Gasteiger partial charge in [0, 0.05) is 30.4 Å². The van der Waals surface area contributed by atoms with Crippen LogP contribution in [0, 0.1) is 0 Å². The van der Waals surface area contributed by atoms with Gasteiger partial charge in [0.2, 0.25) is 0 Å². The molecule has 0 aliphatic rings. The zero-order chi connectivity index (χ0) is 15.2. The zero-order valence-electron chi connectivity index (χ0n) is 12.9. The SMILES string of the molecule is CCn1cc(COc2cc(OC)ccc2CC(C)N)cn1. The highest BCUT2D eigenvalue weighted by Crippen LogP contribution is 2.26. The summed E-state index contributed by atoms with van der Waals surface area (Å²) in [5.74, 6) is 1.60. The number of benzene rings is 1. The van der Waals surface area contributed by atoms with Crippen molar-refractivity contribution in [1.29, 1.82) is 0 Å². The van der Waals surface area contributed by atoms with Crippen molar-refractivity contribution >= 4 is 0 Å². The van der Waals surface area contributed by atoms with Gasteiger partial charge in [0.15, 0.2) is 0 Å². The highest BCUT2D eigenvalue weighted by Gasteiger charge is 2.09. The molecule has 1 unspecified atom stereocenters. The molecule has 5 heteroatoms. The van der Waals surface area contributed by atoms with E-state index in [2.05, 4.69) is 12.0 Å². The average molecular weight is 289 g/mol.